The standard InChI is InChI=1S/C19H24O6/c1-12(19(23)14-6-7-15(21)18(11-14)24-2)25-17-8-5-13(4-3-9-20)10-16(17)22/h5-8,10-12,19-23H,3-4,9H2,1-2H3/t12-,19-/m1/s1. The van der Waals surface area contributed by atoms with Gasteiger partial charge in [-0.05, 0) is 55.2 Å². The highest BCUT2D eigenvalue weighted by Gasteiger charge is 2.21. The predicted octanol–water partition coefficient (Wildman–Crippen LogP) is 2.53. The van der Waals surface area contributed by atoms with Crippen LogP contribution in [0.15, 0.2) is 36.4 Å². The molecule has 0 spiro atoms. The van der Waals surface area contributed by atoms with E-state index in [0.29, 0.717) is 18.4 Å². The van der Waals surface area contributed by atoms with E-state index in [-0.39, 0.29) is 29.6 Å². The predicted molar refractivity (Wildman–Crippen MR) is 93.2 cm³/mol. The number of benzene rings is 2. The van der Waals surface area contributed by atoms with Crippen molar-refractivity contribution in [3.8, 4) is 23.0 Å². The Hall–Kier alpha value is -2.44. The first-order chi connectivity index (χ1) is 12.0. The first kappa shape index (κ1) is 18.9. The second-order valence-electron chi connectivity index (χ2n) is 5.83. The zero-order valence-corrected chi connectivity index (χ0v) is 14.3. The van der Waals surface area contributed by atoms with Gasteiger partial charge in [0.25, 0.3) is 0 Å². The summed E-state index contributed by atoms with van der Waals surface area (Å²) >= 11 is 0. The Morgan fingerprint density at radius 1 is 1.00 bits per heavy atom. The van der Waals surface area contributed by atoms with Gasteiger partial charge < -0.3 is 29.9 Å². The van der Waals surface area contributed by atoms with Gasteiger partial charge in [-0.15, -0.1) is 0 Å². The first-order valence-electron chi connectivity index (χ1n) is 8.10. The van der Waals surface area contributed by atoms with E-state index in [2.05, 4.69) is 0 Å². The molecule has 0 saturated heterocycles. The van der Waals surface area contributed by atoms with Crippen LogP contribution in [0, 0.1) is 0 Å². The van der Waals surface area contributed by atoms with Gasteiger partial charge in [0.15, 0.2) is 23.0 Å². The van der Waals surface area contributed by atoms with Crippen molar-refractivity contribution in [2.24, 2.45) is 0 Å². The highest BCUT2D eigenvalue weighted by molar-refractivity contribution is 5.44. The molecule has 6 heteroatoms. The molecule has 0 saturated carbocycles. The lowest BCUT2D eigenvalue weighted by atomic mass is 10.0. The number of aromatic hydroxyl groups is 2. The Morgan fingerprint density at radius 2 is 1.76 bits per heavy atom. The summed E-state index contributed by atoms with van der Waals surface area (Å²) in [5, 5.41) is 39.0. The van der Waals surface area contributed by atoms with Gasteiger partial charge in [0.05, 0.1) is 7.11 Å². The van der Waals surface area contributed by atoms with E-state index in [4.69, 9.17) is 14.6 Å². The average molecular weight is 348 g/mol. The van der Waals surface area contributed by atoms with E-state index in [9.17, 15) is 15.3 Å². The molecule has 0 aliphatic carbocycles. The van der Waals surface area contributed by atoms with Crippen LogP contribution in [-0.4, -0.2) is 40.2 Å². The molecule has 6 nitrogen and oxygen atoms in total. The summed E-state index contributed by atoms with van der Waals surface area (Å²) in [7, 11) is 1.43. The van der Waals surface area contributed by atoms with Crippen molar-refractivity contribution in [2.75, 3.05) is 13.7 Å². The summed E-state index contributed by atoms with van der Waals surface area (Å²) in [6.07, 6.45) is -0.320. The third kappa shape index (κ3) is 4.78. The number of aliphatic hydroxyl groups excluding tert-OH is 2. The lowest BCUT2D eigenvalue weighted by Crippen LogP contribution is -2.21. The molecular formula is C19H24O6. The summed E-state index contributed by atoms with van der Waals surface area (Å²) in [6, 6.07) is 9.61. The van der Waals surface area contributed by atoms with E-state index in [1.807, 2.05) is 6.07 Å². The molecule has 2 rings (SSSR count). The number of phenolic OH excluding ortho intramolecular Hbond substituents is 2. The smallest absolute Gasteiger partial charge is 0.161 e. The van der Waals surface area contributed by atoms with Crippen LogP contribution < -0.4 is 9.47 Å². The van der Waals surface area contributed by atoms with Crippen molar-refractivity contribution in [3.05, 3.63) is 47.5 Å². The van der Waals surface area contributed by atoms with Crippen LogP contribution in [0.25, 0.3) is 0 Å². The van der Waals surface area contributed by atoms with Crippen molar-refractivity contribution < 1.29 is 29.9 Å². The van der Waals surface area contributed by atoms with E-state index >= 15 is 0 Å². The van der Waals surface area contributed by atoms with Crippen LogP contribution in [0.4, 0.5) is 0 Å². The molecular weight excluding hydrogens is 324 g/mol. The van der Waals surface area contributed by atoms with Crippen molar-refractivity contribution in [1.29, 1.82) is 0 Å². The van der Waals surface area contributed by atoms with Gasteiger partial charge in [-0.1, -0.05) is 12.1 Å². The molecule has 0 aliphatic rings. The fourth-order valence-electron chi connectivity index (χ4n) is 2.52. The second kappa shape index (κ2) is 8.60. The number of hydrogen-bond donors (Lipinski definition) is 4. The fourth-order valence-corrected chi connectivity index (χ4v) is 2.52. The molecule has 0 aromatic heterocycles. The first-order valence-corrected chi connectivity index (χ1v) is 8.10. The Balaban J connectivity index is 2.09. The molecule has 136 valence electrons. The molecule has 0 radical (unpaired) electrons. The number of phenols is 2. The quantitative estimate of drug-likeness (QED) is 0.585. The molecule has 2 aromatic carbocycles. The number of aliphatic hydroxyl groups is 2. The molecule has 0 bridgehead atoms. The van der Waals surface area contributed by atoms with Gasteiger partial charge >= 0.3 is 0 Å². The normalized spacial score (nSPS) is 13.3. The van der Waals surface area contributed by atoms with Crippen LogP contribution in [0.1, 0.15) is 30.6 Å². The molecule has 0 fully saturated rings. The summed E-state index contributed by atoms with van der Waals surface area (Å²) in [6.45, 7) is 1.78. The Kier molecular flexibility index (Phi) is 6.50. The number of aryl methyl sites for hydroxylation is 1. The van der Waals surface area contributed by atoms with Gasteiger partial charge in [-0.25, -0.2) is 0 Å². The third-order valence-corrected chi connectivity index (χ3v) is 3.95. The molecule has 0 aliphatic heterocycles. The fraction of sp³-hybridized carbons (Fsp3) is 0.368. The molecule has 4 N–H and O–H groups in total. The minimum Gasteiger partial charge on any atom is -0.504 e. The van der Waals surface area contributed by atoms with Gasteiger partial charge in [0, 0.05) is 6.61 Å². The Labute approximate surface area is 146 Å². The lowest BCUT2D eigenvalue weighted by molar-refractivity contribution is 0.0450. The van der Waals surface area contributed by atoms with E-state index < -0.39 is 12.2 Å². The zero-order valence-electron chi connectivity index (χ0n) is 14.3. The van der Waals surface area contributed by atoms with Crippen LogP contribution in [-0.2, 0) is 6.42 Å². The lowest BCUT2D eigenvalue weighted by Gasteiger charge is -2.22. The van der Waals surface area contributed by atoms with Crippen LogP contribution in [0.2, 0.25) is 0 Å². The van der Waals surface area contributed by atoms with Crippen molar-refractivity contribution >= 4 is 0 Å². The van der Waals surface area contributed by atoms with E-state index in [1.54, 1.807) is 25.1 Å². The van der Waals surface area contributed by atoms with Crippen LogP contribution in [0.3, 0.4) is 0 Å². The monoisotopic (exact) mass is 348 g/mol. The highest BCUT2D eigenvalue weighted by atomic mass is 16.5. The van der Waals surface area contributed by atoms with Crippen LogP contribution >= 0.6 is 0 Å². The largest absolute Gasteiger partial charge is 0.504 e. The molecule has 25 heavy (non-hydrogen) atoms. The van der Waals surface area contributed by atoms with Crippen molar-refractivity contribution in [3.63, 3.8) is 0 Å². The number of methoxy groups -OCH3 is 1. The van der Waals surface area contributed by atoms with Crippen LogP contribution in [0.5, 0.6) is 23.0 Å². The van der Waals surface area contributed by atoms with Gasteiger partial charge in [0.1, 0.15) is 12.2 Å². The summed E-state index contributed by atoms with van der Waals surface area (Å²) in [4.78, 5) is 0. The topological polar surface area (TPSA) is 99.4 Å². The van der Waals surface area contributed by atoms with Crippen molar-refractivity contribution in [1.82, 2.24) is 0 Å². The van der Waals surface area contributed by atoms with Gasteiger partial charge in [-0.3, -0.25) is 0 Å². The molecule has 0 amide bonds. The van der Waals surface area contributed by atoms with Gasteiger partial charge in [0.2, 0.25) is 0 Å². The maximum Gasteiger partial charge on any atom is 0.161 e. The number of rotatable bonds is 8. The van der Waals surface area contributed by atoms with E-state index in [1.165, 1.54) is 19.2 Å². The average Bonchev–Trinajstić information content (AvgIpc) is 2.61. The van der Waals surface area contributed by atoms with Gasteiger partial charge in [-0.2, -0.15) is 0 Å². The minimum absolute atomic E-state index is 0.0110. The SMILES string of the molecule is COc1cc([C@H](O)[C@@H](C)Oc2ccc(CCCO)cc2O)ccc1O. The molecule has 2 aromatic rings. The molecule has 0 unspecified atom stereocenters. The summed E-state index contributed by atoms with van der Waals surface area (Å²) in [5.41, 5.74) is 1.43. The van der Waals surface area contributed by atoms with E-state index in [0.717, 1.165) is 5.56 Å². The number of hydrogen-bond acceptors (Lipinski definition) is 6. The Morgan fingerprint density at radius 3 is 2.40 bits per heavy atom. The highest BCUT2D eigenvalue weighted by Crippen LogP contribution is 2.33. The minimum atomic E-state index is -0.969. The second-order valence-corrected chi connectivity index (χ2v) is 5.83. The maximum absolute atomic E-state index is 10.5. The third-order valence-electron chi connectivity index (χ3n) is 3.95. The Bertz CT molecular complexity index is 700. The molecule has 2 atom stereocenters. The number of ether oxygens (including phenoxy) is 2. The summed E-state index contributed by atoms with van der Waals surface area (Å²) < 4.78 is 10.7. The zero-order chi connectivity index (χ0) is 18.4. The summed E-state index contributed by atoms with van der Waals surface area (Å²) in [5.74, 6) is 0.505. The molecule has 0 heterocycles. The maximum atomic E-state index is 10.5. The van der Waals surface area contributed by atoms with Crippen molar-refractivity contribution in [2.45, 2.75) is 32.0 Å².